The molecule has 0 aromatic heterocycles. The van der Waals surface area contributed by atoms with Crippen molar-refractivity contribution in [3.05, 3.63) is 0 Å². The largest absolute Gasteiger partial charge is 0.459 e. The second kappa shape index (κ2) is 5.55. The maximum atomic E-state index is 13.5. The normalized spacial score (nSPS) is 16.2. The number of rotatable bonds is 4. The molecule has 140 valence electrons. The van der Waals surface area contributed by atoms with Crippen LogP contribution in [-0.2, 0) is 0 Å². The van der Waals surface area contributed by atoms with Crippen LogP contribution >= 0.6 is 0 Å². The zero-order chi connectivity index (χ0) is 19.3. The van der Waals surface area contributed by atoms with Crippen molar-refractivity contribution in [1.82, 2.24) is 4.90 Å². The van der Waals surface area contributed by atoms with Crippen LogP contribution in [0, 0.1) is 0 Å². The molecule has 0 N–H and O–H groups in total. The Kier molecular flexibility index (Phi) is 5.32. The number of nitrogens with zero attached hydrogens (tertiary/aromatic N) is 1. The molecule has 0 bridgehead atoms. The number of hydrogen-bond donors (Lipinski definition) is 0. The van der Waals surface area contributed by atoms with Crippen LogP contribution in [0.15, 0.2) is 0 Å². The number of alkyl halides is 13. The van der Waals surface area contributed by atoms with Gasteiger partial charge in [0, 0.05) is 0 Å². The summed E-state index contributed by atoms with van der Waals surface area (Å²) in [4.78, 5) is -1.34. The number of hydrogen-bond acceptors (Lipinski definition) is 1. The molecular weight excluding hydrogens is 369 g/mol. The predicted octanol–water partition coefficient (Wildman–Crippen LogP) is 4.63. The van der Waals surface area contributed by atoms with E-state index in [-0.39, 0.29) is 7.05 Å². The smallest absolute Gasteiger partial charge is 0.280 e. The molecule has 0 radical (unpaired) electrons. The lowest BCUT2D eigenvalue weighted by Crippen LogP contribution is -2.80. The molecule has 0 atom stereocenters. The molecule has 0 aliphatic heterocycles. The van der Waals surface area contributed by atoms with Gasteiger partial charge in [0.15, 0.2) is 0 Å². The zero-order valence-corrected chi connectivity index (χ0v) is 11.1. The molecule has 23 heavy (non-hydrogen) atoms. The van der Waals surface area contributed by atoms with Gasteiger partial charge < -0.3 is 0 Å². The first-order chi connectivity index (χ1) is 9.73. The predicted molar refractivity (Wildman–Crippen MR) is 49.1 cm³/mol. The van der Waals surface area contributed by atoms with Gasteiger partial charge in [-0.15, -0.1) is 0 Å². The maximum Gasteiger partial charge on any atom is 0.459 e. The molecule has 0 rings (SSSR count). The summed E-state index contributed by atoms with van der Waals surface area (Å²) in [5.41, 5.74) is -6.75. The first-order valence-electron chi connectivity index (χ1n) is 5.40. The van der Waals surface area contributed by atoms with Crippen LogP contribution in [0.3, 0.4) is 0 Å². The summed E-state index contributed by atoms with van der Waals surface area (Å²) in [6.45, 7) is -1.11. The first-order valence-corrected chi connectivity index (χ1v) is 5.40. The van der Waals surface area contributed by atoms with Gasteiger partial charge in [-0.2, -0.15) is 57.1 Å². The molecular formula is C9H8F13N. The summed E-state index contributed by atoms with van der Waals surface area (Å²) in [5, 5.41) is 0. The lowest BCUT2D eigenvalue weighted by atomic mass is 9.83. The van der Waals surface area contributed by atoms with Crippen molar-refractivity contribution in [2.24, 2.45) is 0 Å². The Hall–Kier alpha value is -0.950. The highest BCUT2D eigenvalue weighted by molar-refractivity contribution is 5.17. The molecule has 0 amide bonds. The van der Waals surface area contributed by atoms with Gasteiger partial charge in [-0.25, -0.2) is 0 Å². The Morgan fingerprint density at radius 2 is 0.870 bits per heavy atom. The van der Waals surface area contributed by atoms with Crippen LogP contribution in [-0.4, -0.2) is 54.4 Å². The SMILES string of the molecule is CCN(C)C(C(F)(F)F)(C(F)(F)F)C(F)(F)C(F)(F)C(F)(F)F. The fourth-order valence-corrected chi connectivity index (χ4v) is 1.83. The van der Waals surface area contributed by atoms with E-state index in [1.54, 1.807) is 0 Å². The highest BCUT2D eigenvalue weighted by Gasteiger charge is 2.93. The van der Waals surface area contributed by atoms with Gasteiger partial charge in [-0.1, -0.05) is 6.92 Å². The van der Waals surface area contributed by atoms with E-state index in [9.17, 15) is 57.1 Å². The summed E-state index contributed by atoms with van der Waals surface area (Å²) in [6, 6.07) is 0. The maximum absolute atomic E-state index is 13.5. The van der Waals surface area contributed by atoms with Crippen LogP contribution in [0.4, 0.5) is 57.1 Å². The van der Waals surface area contributed by atoms with E-state index in [0.717, 1.165) is 0 Å². The fourth-order valence-electron chi connectivity index (χ4n) is 1.83. The minimum Gasteiger partial charge on any atom is -0.280 e. The molecule has 1 nitrogen and oxygen atoms in total. The second-order valence-corrected chi connectivity index (χ2v) is 4.37. The van der Waals surface area contributed by atoms with E-state index < -0.39 is 47.4 Å². The molecule has 0 fully saturated rings. The second-order valence-electron chi connectivity index (χ2n) is 4.37. The van der Waals surface area contributed by atoms with Crippen LogP contribution in [0.1, 0.15) is 6.92 Å². The van der Waals surface area contributed by atoms with Crippen molar-refractivity contribution >= 4 is 0 Å². The van der Waals surface area contributed by atoms with Crippen molar-refractivity contribution in [2.75, 3.05) is 13.6 Å². The standard InChI is InChI=1S/C9H8F13N/c1-3-23(2)4(7(14,15)16,8(17,18)19)5(10,11)6(12,13)9(20,21)22/h3H2,1-2H3. The average Bonchev–Trinajstić information content (AvgIpc) is 2.22. The molecule has 14 heteroatoms. The summed E-state index contributed by atoms with van der Waals surface area (Å²) in [6.07, 6.45) is -21.8. The van der Waals surface area contributed by atoms with Gasteiger partial charge in [0.2, 0.25) is 0 Å². The third kappa shape index (κ3) is 2.82. The van der Waals surface area contributed by atoms with Gasteiger partial charge in [0.1, 0.15) is 0 Å². The van der Waals surface area contributed by atoms with Crippen molar-refractivity contribution in [3.63, 3.8) is 0 Å². The monoisotopic (exact) mass is 377 g/mol. The zero-order valence-electron chi connectivity index (χ0n) is 11.1. The Morgan fingerprint density at radius 1 is 0.565 bits per heavy atom. The molecule has 0 spiro atoms. The minimum atomic E-state index is -7.60. The quantitative estimate of drug-likeness (QED) is 0.646. The Bertz CT molecular complexity index is 401. The van der Waals surface area contributed by atoms with Crippen LogP contribution in [0.25, 0.3) is 0 Å². The van der Waals surface area contributed by atoms with Gasteiger partial charge in [0.05, 0.1) is 0 Å². The van der Waals surface area contributed by atoms with E-state index >= 15 is 0 Å². The summed E-state index contributed by atoms with van der Waals surface area (Å²) in [7, 11) is -0.290. The van der Waals surface area contributed by atoms with E-state index in [1.807, 2.05) is 0 Å². The molecule has 0 aromatic rings. The van der Waals surface area contributed by atoms with Crippen molar-refractivity contribution in [1.29, 1.82) is 0 Å². The lowest BCUT2D eigenvalue weighted by molar-refractivity contribution is -0.452. The van der Waals surface area contributed by atoms with Gasteiger partial charge in [-0.05, 0) is 13.6 Å². The van der Waals surface area contributed by atoms with Crippen LogP contribution in [0.5, 0.6) is 0 Å². The summed E-state index contributed by atoms with van der Waals surface area (Å²) in [5.74, 6) is -15.2. The van der Waals surface area contributed by atoms with Crippen molar-refractivity contribution < 1.29 is 57.1 Å². The average molecular weight is 377 g/mol. The van der Waals surface area contributed by atoms with Crippen molar-refractivity contribution in [3.8, 4) is 0 Å². The molecule has 0 saturated carbocycles. The minimum absolute atomic E-state index is 0.290. The Labute approximate surface area is 120 Å². The molecule has 0 aliphatic carbocycles. The fraction of sp³-hybridized carbons (Fsp3) is 1.00. The number of halogens is 13. The van der Waals surface area contributed by atoms with E-state index in [2.05, 4.69) is 0 Å². The Morgan fingerprint density at radius 3 is 1.04 bits per heavy atom. The van der Waals surface area contributed by atoms with Crippen LogP contribution in [0.2, 0.25) is 0 Å². The topological polar surface area (TPSA) is 3.24 Å². The molecule has 0 saturated heterocycles. The molecule has 0 aliphatic rings. The van der Waals surface area contributed by atoms with E-state index in [0.29, 0.717) is 6.92 Å². The summed E-state index contributed by atoms with van der Waals surface area (Å²) < 4.78 is 165. The Balaban J connectivity index is 6.95. The highest BCUT2D eigenvalue weighted by Crippen LogP contribution is 2.62. The third-order valence-corrected chi connectivity index (χ3v) is 3.07. The van der Waals surface area contributed by atoms with Gasteiger partial charge >= 0.3 is 30.4 Å². The van der Waals surface area contributed by atoms with E-state index in [4.69, 9.17) is 0 Å². The van der Waals surface area contributed by atoms with E-state index in [1.165, 1.54) is 0 Å². The van der Waals surface area contributed by atoms with Crippen LogP contribution < -0.4 is 0 Å². The highest BCUT2D eigenvalue weighted by atomic mass is 19.4. The molecule has 0 aromatic carbocycles. The lowest BCUT2D eigenvalue weighted by Gasteiger charge is -2.49. The third-order valence-electron chi connectivity index (χ3n) is 3.07. The molecule has 0 heterocycles. The summed E-state index contributed by atoms with van der Waals surface area (Å²) >= 11 is 0. The van der Waals surface area contributed by atoms with Crippen molar-refractivity contribution in [2.45, 2.75) is 42.8 Å². The van der Waals surface area contributed by atoms with Gasteiger partial charge in [0.25, 0.3) is 5.54 Å². The van der Waals surface area contributed by atoms with Gasteiger partial charge in [-0.3, -0.25) is 4.90 Å². The first kappa shape index (κ1) is 22.1. The molecule has 0 unspecified atom stereocenters.